The maximum atomic E-state index is 13.1. The van der Waals surface area contributed by atoms with Gasteiger partial charge in [-0.05, 0) is 42.7 Å². The van der Waals surface area contributed by atoms with Gasteiger partial charge in [-0.15, -0.1) is 0 Å². The van der Waals surface area contributed by atoms with Gasteiger partial charge in [-0.1, -0.05) is 49.1 Å². The number of hydrogen-bond donors (Lipinski definition) is 0. The number of benzene rings is 2. The Balaban J connectivity index is 2.05. The monoisotopic (exact) mass is 400 g/mol. The minimum atomic E-state index is -0.441. The molecule has 0 radical (unpaired) electrons. The SMILES string of the molecule is C=CCOC(=O)C1=C(C)N(Cc2cccc(C#N)c2)C(=O)CC1c1ccccc1C. The molecule has 1 heterocycles. The van der Waals surface area contributed by atoms with Gasteiger partial charge in [-0.25, -0.2) is 4.79 Å². The van der Waals surface area contributed by atoms with E-state index in [0.29, 0.717) is 23.4 Å². The molecule has 2 aromatic carbocycles. The second-order valence-electron chi connectivity index (χ2n) is 7.29. The Morgan fingerprint density at radius 2 is 2.03 bits per heavy atom. The van der Waals surface area contributed by atoms with Gasteiger partial charge < -0.3 is 9.64 Å². The van der Waals surface area contributed by atoms with Gasteiger partial charge in [-0.2, -0.15) is 5.26 Å². The Kier molecular flexibility index (Phi) is 6.48. The van der Waals surface area contributed by atoms with E-state index in [0.717, 1.165) is 16.7 Å². The average Bonchev–Trinajstić information content (AvgIpc) is 2.75. The quantitative estimate of drug-likeness (QED) is 0.533. The largest absolute Gasteiger partial charge is 0.458 e. The molecule has 0 N–H and O–H groups in total. The Bertz CT molecular complexity index is 1060. The molecule has 0 fully saturated rings. The van der Waals surface area contributed by atoms with E-state index in [1.807, 2.05) is 37.3 Å². The molecule has 0 saturated heterocycles. The maximum Gasteiger partial charge on any atom is 0.336 e. The zero-order valence-electron chi connectivity index (χ0n) is 17.2. The first kappa shape index (κ1) is 21.1. The van der Waals surface area contributed by atoms with Crippen LogP contribution in [0.1, 0.15) is 41.5 Å². The number of amides is 1. The highest BCUT2D eigenvalue weighted by Gasteiger charge is 2.37. The van der Waals surface area contributed by atoms with E-state index in [4.69, 9.17) is 10.00 Å². The minimum Gasteiger partial charge on any atom is -0.458 e. The van der Waals surface area contributed by atoms with Crippen LogP contribution in [0.25, 0.3) is 0 Å². The second kappa shape index (κ2) is 9.23. The summed E-state index contributed by atoms with van der Waals surface area (Å²) in [4.78, 5) is 27.7. The first-order valence-electron chi connectivity index (χ1n) is 9.80. The fraction of sp³-hybridized carbons (Fsp3) is 0.240. The van der Waals surface area contributed by atoms with Crippen molar-refractivity contribution < 1.29 is 14.3 Å². The molecule has 0 aliphatic carbocycles. The lowest BCUT2D eigenvalue weighted by atomic mass is 9.81. The molecule has 1 amide bonds. The molecular formula is C25H24N2O3. The first-order valence-corrected chi connectivity index (χ1v) is 9.80. The van der Waals surface area contributed by atoms with Gasteiger partial charge in [0, 0.05) is 18.0 Å². The highest BCUT2D eigenvalue weighted by molar-refractivity contribution is 5.96. The van der Waals surface area contributed by atoms with Gasteiger partial charge in [0.05, 0.1) is 23.8 Å². The smallest absolute Gasteiger partial charge is 0.336 e. The van der Waals surface area contributed by atoms with Crippen molar-refractivity contribution in [3.63, 3.8) is 0 Å². The van der Waals surface area contributed by atoms with Crippen LogP contribution < -0.4 is 0 Å². The third-order valence-corrected chi connectivity index (χ3v) is 5.34. The predicted octanol–water partition coefficient (Wildman–Crippen LogP) is 4.39. The normalized spacial score (nSPS) is 16.2. The van der Waals surface area contributed by atoms with Crippen LogP contribution in [-0.4, -0.2) is 23.4 Å². The lowest BCUT2D eigenvalue weighted by Gasteiger charge is -2.35. The molecule has 1 unspecified atom stereocenters. The van der Waals surface area contributed by atoms with E-state index in [2.05, 4.69) is 12.6 Å². The molecule has 0 bridgehead atoms. The second-order valence-corrected chi connectivity index (χ2v) is 7.29. The minimum absolute atomic E-state index is 0.0663. The third kappa shape index (κ3) is 4.33. The molecule has 3 rings (SSSR count). The van der Waals surface area contributed by atoms with Crippen LogP contribution in [-0.2, 0) is 20.9 Å². The fourth-order valence-corrected chi connectivity index (χ4v) is 3.85. The molecule has 1 aliphatic heterocycles. The molecule has 1 atom stereocenters. The van der Waals surface area contributed by atoms with Crippen molar-refractivity contribution in [3.8, 4) is 6.07 Å². The fourth-order valence-electron chi connectivity index (χ4n) is 3.85. The molecule has 2 aromatic rings. The molecular weight excluding hydrogens is 376 g/mol. The van der Waals surface area contributed by atoms with Crippen LogP contribution in [0.15, 0.2) is 72.5 Å². The van der Waals surface area contributed by atoms with Crippen molar-refractivity contribution in [3.05, 3.63) is 94.7 Å². The lowest BCUT2D eigenvalue weighted by Crippen LogP contribution is -2.38. The zero-order valence-corrected chi connectivity index (χ0v) is 17.2. The van der Waals surface area contributed by atoms with Crippen molar-refractivity contribution in [1.82, 2.24) is 4.90 Å². The Morgan fingerprint density at radius 3 is 2.73 bits per heavy atom. The molecule has 0 saturated carbocycles. The van der Waals surface area contributed by atoms with Crippen LogP contribution >= 0.6 is 0 Å². The van der Waals surface area contributed by atoms with Gasteiger partial charge in [0.1, 0.15) is 6.61 Å². The first-order chi connectivity index (χ1) is 14.5. The van der Waals surface area contributed by atoms with Gasteiger partial charge in [0.25, 0.3) is 0 Å². The summed E-state index contributed by atoms with van der Waals surface area (Å²) in [6, 6.07) is 17.0. The van der Waals surface area contributed by atoms with Crippen LogP contribution in [0.4, 0.5) is 0 Å². The molecule has 5 nitrogen and oxygen atoms in total. The zero-order chi connectivity index (χ0) is 21.7. The van der Waals surface area contributed by atoms with Crippen molar-refractivity contribution in [2.75, 3.05) is 6.61 Å². The van der Waals surface area contributed by atoms with E-state index >= 15 is 0 Å². The number of esters is 1. The number of rotatable bonds is 6. The number of carbonyl (C=O) groups excluding carboxylic acids is 2. The molecule has 1 aliphatic rings. The van der Waals surface area contributed by atoms with E-state index < -0.39 is 5.97 Å². The van der Waals surface area contributed by atoms with Gasteiger partial charge in [-0.3, -0.25) is 4.79 Å². The summed E-state index contributed by atoms with van der Waals surface area (Å²) in [6.07, 6.45) is 1.70. The topological polar surface area (TPSA) is 70.4 Å². The number of allylic oxidation sites excluding steroid dienone is 1. The van der Waals surface area contributed by atoms with E-state index in [9.17, 15) is 9.59 Å². The van der Waals surface area contributed by atoms with Crippen LogP contribution in [0.2, 0.25) is 0 Å². The van der Waals surface area contributed by atoms with Crippen LogP contribution in [0, 0.1) is 18.3 Å². The summed E-state index contributed by atoms with van der Waals surface area (Å²) in [5.41, 5.74) is 4.39. The molecule has 30 heavy (non-hydrogen) atoms. The average molecular weight is 400 g/mol. The number of aryl methyl sites for hydroxylation is 1. The Morgan fingerprint density at radius 1 is 1.27 bits per heavy atom. The number of nitrogens with zero attached hydrogens (tertiary/aromatic N) is 2. The predicted molar refractivity (Wildman–Crippen MR) is 114 cm³/mol. The highest BCUT2D eigenvalue weighted by atomic mass is 16.5. The molecule has 0 aromatic heterocycles. The van der Waals surface area contributed by atoms with Crippen molar-refractivity contribution in [2.45, 2.75) is 32.7 Å². The van der Waals surface area contributed by atoms with Crippen LogP contribution in [0.3, 0.4) is 0 Å². The van der Waals surface area contributed by atoms with Crippen LogP contribution in [0.5, 0.6) is 0 Å². The molecule has 0 spiro atoms. The summed E-state index contributed by atoms with van der Waals surface area (Å²) in [7, 11) is 0. The summed E-state index contributed by atoms with van der Waals surface area (Å²) >= 11 is 0. The number of carbonyl (C=O) groups is 2. The third-order valence-electron chi connectivity index (χ3n) is 5.34. The van der Waals surface area contributed by atoms with Crippen molar-refractivity contribution in [1.29, 1.82) is 5.26 Å². The standard InChI is InChI=1S/C25H24N2O3/c1-4-12-30-25(29)24-18(3)27(16-20-10-7-9-19(13-20)15-26)23(28)14-22(24)21-11-6-5-8-17(21)2/h4-11,13,22H,1,12,14,16H2,2-3H3. The van der Waals surface area contributed by atoms with E-state index in [1.165, 1.54) is 6.08 Å². The maximum absolute atomic E-state index is 13.1. The Labute approximate surface area is 176 Å². The summed E-state index contributed by atoms with van der Waals surface area (Å²) in [5.74, 6) is -0.870. The molecule has 152 valence electrons. The van der Waals surface area contributed by atoms with E-state index in [1.54, 1.807) is 30.0 Å². The van der Waals surface area contributed by atoms with E-state index in [-0.39, 0.29) is 24.9 Å². The molecule has 5 heteroatoms. The van der Waals surface area contributed by atoms with Gasteiger partial charge in [0.2, 0.25) is 5.91 Å². The summed E-state index contributed by atoms with van der Waals surface area (Å²) < 4.78 is 5.37. The number of nitriles is 1. The Hall–Kier alpha value is -3.65. The highest BCUT2D eigenvalue weighted by Crippen LogP contribution is 2.38. The summed E-state index contributed by atoms with van der Waals surface area (Å²) in [5, 5.41) is 9.15. The number of ether oxygens (including phenoxy) is 1. The van der Waals surface area contributed by atoms with Gasteiger partial charge in [0.15, 0.2) is 0 Å². The van der Waals surface area contributed by atoms with Crippen molar-refractivity contribution >= 4 is 11.9 Å². The van der Waals surface area contributed by atoms with Crippen molar-refractivity contribution in [2.24, 2.45) is 0 Å². The summed E-state index contributed by atoms with van der Waals surface area (Å²) in [6.45, 7) is 7.75. The number of hydrogen-bond acceptors (Lipinski definition) is 4. The lowest BCUT2D eigenvalue weighted by molar-refractivity contribution is -0.139. The van der Waals surface area contributed by atoms with Gasteiger partial charge >= 0.3 is 5.97 Å².